The number of nitrogens with one attached hydrogen (secondary N) is 1. The molecule has 20 heavy (non-hydrogen) atoms. The molecule has 0 spiro atoms. The van der Waals surface area contributed by atoms with E-state index in [1.54, 1.807) is 26.8 Å². The number of benzene rings is 1. The van der Waals surface area contributed by atoms with Gasteiger partial charge in [0.2, 0.25) is 10.0 Å². The van der Waals surface area contributed by atoms with Gasteiger partial charge in [-0.2, -0.15) is 0 Å². The van der Waals surface area contributed by atoms with E-state index in [0.717, 1.165) is 0 Å². The first kappa shape index (κ1) is 17.0. The fourth-order valence-electron chi connectivity index (χ4n) is 1.48. The lowest BCUT2D eigenvalue weighted by Gasteiger charge is -2.20. The highest BCUT2D eigenvalue weighted by atomic mass is 35.5. The summed E-state index contributed by atoms with van der Waals surface area (Å²) in [5.41, 5.74) is 0.0278. The molecule has 0 heterocycles. The second kappa shape index (κ2) is 6.59. The molecule has 0 aromatic heterocycles. The van der Waals surface area contributed by atoms with Crippen LogP contribution in [0.1, 0.15) is 32.8 Å². The number of rotatable bonds is 3. The minimum atomic E-state index is -3.66. The van der Waals surface area contributed by atoms with E-state index in [9.17, 15) is 8.42 Å². The third kappa shape index (κ3) is 5.14. The van der Waals surface area contributed by atoms with Crippen LogP contribution in [0.5, 0.6) is 0 Å². The predicted molar refractivity (Wildman–Crippen MR) is 80.1 cm³/mol. The van der Waals surface area contributed by atoms with Gasteiger partial charge in [-0.15, -0.1) is 0 Å². The van der Waals surface area contributed by atoms with Crippen molar-refractivity contribution in [2.75, 3.05) is 6.61 Å². The fourth-order valence-corrected chi connectivity index (χ4v) is 3.44. The number of hydrogen-bond donors (Lipinski definition) is 2. The molecule has 0 aliphatic rings. The monoisotopic (exact) mass is 315 g/mol. The number of hydrogen-bond acceptors (Lipinski definition) is 3. The number of halogens is 1. The first-order valence-corrected chi connectivity index (χ1v) is 7.95. The maximum absolute atomic E-state index is 12.2. The van der Waals surface area contributed by atoms with Crippen LogP contribution in [-0.2, 0) is 10.0 Å². The van der Waals surface area contributed by atoms with Gasteiger partial charge >= 0.3 is 0 Å². The molecular formula is C14H18ClNO3S. The second-order valence-corrected chi connectivity index (χ2v) is 7.33. The van der Waals surface area contributed by atoms with Gasteiger partial charge in [0.15, 0.2) is 0 Å². The van der Waals surface area contributed by atoms with Crippen molar-refractivity contribution in [2.45, 2.75) is 37.6 Å². The van der Waals surface area contributed by atoms with Gasteiger partial charge < -0.3 is 5.11 Å². The van der Waals surface area contributed by atoms with Crippen LogP contribution in [0.25, 0.3) is 0 Å². The molecule has 6 heteroatoms. The van der Waals surface area contributed by atoms with Gasteiger partial charge in [0.05, 0.1) is 11.6 Å². The van der Waals surface area contributed by atoms with Crippen molar-refractivity contribution in [3.05, 3.63) is 28.8 Å². The number of aliphatic hydroxyl groups excluding tert-OH is 1. The van der Waals surface area contributed by atoms with Crippen LogP contribution >= 0.6 is 11.6 Å². The summed E-state index contributed by atoms with van der Waals surface area (Å²) in [7, 11) is -3.66. The molecule has 1 rings (SSSR count). The summed E-state index contributed by atoms with van der Waals surface area (Å²) in [6.07, 6.45) is 0.364. The zero-order chi connectivity index (χ0) is 15.4. The van der Waals surface area contributed by atoms with Crippen molar-refractivity contribution in [3.8, 4) is 11.8 Å². The highest BCUT2D eigenvalue weighted by Crippen LogP contribution is 2.23. The Balaban J connectivity index is 3.09. The van der Waals surface area contributed by atoms with E-state index < -0.39 is 15.6 Å². The lowest BCUT2D eigenvalue weighted by atomic mass is 10.1. The van der Waals surface area contributed by atoms with Gasteiger partial charge in [0.1, 0.15) is 4.90 Å². The van der Waals surface area contributed by atoms with E-state index in [1.807, 2.05) is 0 Å². The molecule has 0 saturated carbocycles. The lowest BCUT2D eigenvalue weighted by molar-refractivity contribution is 0.305. The standard InChI is InChI=1S/C14H18ClNO3S/c1-14(2,3)16-20(18,19)13-8-7-11(10-12(13)15)6-4-5-9-17/h7-8,10,16-17H,5,9H2,1-3H3. The first-order chi connectivity index (χ1) is 9.15. The van der Waals surface area contributed by atoms with Crippen LogP contribution in [0.2, 0.25) is 5.02 Å². The van der Waals surface area contributed by atoms with Gasteiger partial charge in [-0.05, 0) is 39.0 Å². The second-order valence-electron chi connectivity index (χ2n) is 5.28. The molecule has 0 aliphatic carbocycles. The van der Waals surface area contributed by atoms with Crippen LogP contribution in [-0.4, -0.2) is 25.7 Å². The molecule has 0 bridgehead atoms. The Morgan fingerprint density at radius 1 is 1.35 bits per heavy atom. The summed E-state index contributed by atoms with van der Waals surface area (Å²) in [5, 5.41) is 8.76. The molecule has 110 valence electrons. The third-order valence-electron chi connectivity index (χ3n) is 2.13. The first-order valence-electron chi connectivity index (χ1n) is 6.09. The normalized spacial score (nSPS) is 11.8. The van der Waals surface area contributed by atoms with E-state index in [-0.39, 0.29) is 16.5 Å². The quantitative estimate of drug-likeness (QED) is 0.840. The smallest absolute Gasteiger partial charge is 0.242 e. The van der Waals surface area contributed by atoms with E-state index >= 15 is 0 Å². The van der Waals surface area contributed by atoms with Crippen molar-refractivity contribution >= 4 is 21.6 Å². The van der Waals surface area contributed by atoms with E-state index in [4.69, 9.17) is 16.7 Å². The zero-order valence-electron chi connectivity index (χ0n) is 11.7. The van der Waals surface area contributed by atoms with Crippen molar-refractivity contribution < 1.29 is 13.5 Å². The molecule has 0 saturated heterocycles. The SMILES string of the molecule is CC(C)(C)NS(=O)(=O)c1ccc(C#CCCO)cc1Cl. The Morgan fingerprint density at radius 2 is 2.00 bits per heavy atom. The Labute approximate surface area is 125 Å². The molecule has 0 atom stereocenters. The minimum absolute atomic E-state index is 0.0112. The molecule has 4 nitrogen and oxygen atoms in total. The minimum Gasteiger partial charge on any atom is -0.395 e. The van der Waals surface area contributed by atoms with Crippen LogP contribution < -0.4 is 4.72 Å². The van der Waals surface area contributed by atoms with Gasteiger partial charge in [-0.1, -0.05) is 23.4 Å². The Kier molecular flexibility index (Phi) is 5.60. The molecule has 2 N–H and O–H groups in total. The average Bonchev–Trinajstić information content (AvgIpc) is 2.25. The summed E-state index contributed by atoms with van der Waals surface area (Å²) in [6, 6.07) is 4.52. The lowest BCUT2D eigenvalue weighted by Crippen LogP contribution is -2.40. The van der Waals surface area contributed by atoms with Crippen molar-refractivity contribution in [3.63, 3.8) is 0 Å². The summed E-state index contributed by atoms with van der Waals surface area (Å²) in [6.45, 7) is 5.26. The van der Waals surface area contributed by atoms with E-state index in [0.29, 0.717) is 12.0 Å². The maximum atomic E-state index is 12.2. The molecule has 1 aromatic rings. The molecule has 0 amide bonds. The number of aliphatic hydroxyl groups is 1. The van der Waals surface area contributed by atoms with Gasteiger partial charge in [0.25, 0.3) is 0 Å². The third-order valence-corrected chi connectivity index (χ3v) is 4.37. The predicted octanol–water partition coefficient (Wildman–Crippen LogP) is 2.15. The average molecular weight is 316 g/mol. The van der Waals surface area contributed by atoms with Gasteiger partial charge in [-0.25, -0.2) is 13.1 Å². The highest BCUT2D eigenvalue weighted by molar-refractivity contribution is 7.89. The van der Waals surface area contributed by atoms with E-state index in [2.05, 4.69) is 16.6 Å². The Morgan fingerprint density at radius 3 is 2.50 bits per heavy atom. The van der Waals surface area contributed by atoms with Crippen molar-refractivity contribution in [2.24, 2.45) is 0 Å². The number of sulfonamides is 1. The largest absolute Gasteiger partial charge is 0.395 e. The van der Waals surface area contributed by atoms with Crippen molar-refractivity contribution in [1.82, 2.24) is 4.72 Å². The molecule has 0 unspecified atom stereocenters. The van der Waals surface area contributed by atoms with Crippen LogP contribution in [0.15, 0.2) is 23.1 Å². The topological polar surface area (TPSA) is 66.4 Å². The highest BCUT2D eigenvalue weighted by Gasteiger charge is 2.24. The van der Waals surface area contributed by atoms with Gasteiger partial charge in [-0.3, -0.25) is 0 Å². The van der Waals surface area contributed by atoms with E-state index in [1.165, 1.54) is 12.1 Å². The van der Waals surface area contributed by atoms with Crippen LogP contribution in [0.4, 0.5) is 0 Å². The molecular weight excluding hydrogens is 298 g/mol. The maximum Gasteiger partial charge on any atom is 0.242 e. The molecule has 0 radical (unpaired) electrons. The van der Waals surface area contributed by atoms with Crippen molar-refractivity contribution in [1.29, 1.82) is 0 Å². The van der Waals surface area contributed by atoms with Gasteiger partial charge in [0, 0.05) is 17.5 Å². The summed E-state index contributed by atoms with van der Waals surface area (Å²) in [5.74, 6) is 5.55. The Bertz CT molecular complexity index is 637. The molecule has 0 aliphatic heterocycles. The summed E-state index contributed by atoms with van der Waals surface area (Å²) < 4.78 is 26.9. The summed E-state index contributed by atoms with van der Waals surface area (Å²) in [4.78, 5) is 0.0294. The fraction of sp³-hybridized carbons (Fsp3) is 0.429. The zero-order valence-corrected chi connectivity index (χ0v) is 13.3. The Hall–Kier alpha value is -1.06. The molecule has 1 aromatic carbocycles. The molecule has 0 fully saturated rings. The summed E-state index contributed by atoms with van der Waals surface area (Å²) >= 11 is 6.02. The van der Waals surface area contributed by atoms with Crippen LogP contribution in [0, 0.1) is 11.8 Å². The van der Waals surface area contributed by atoms with Crippen LogP contribution in [0.3, 0.4) is 0 Å².